The van der Waals surface area contributed by atoms with Gasteiger partial charge in [0, 0.05) is 19.5 Å². The lowest BCUT2D eigenvalue weighted by Crippen LogP contribution is -2.41. The van der Waals surface area contributed by atoms with E-state index in [0.29, 0.717) is 37.3 Å². The third kappa shape index (κ3) is 4.19. The van der Waals surface area contributed by atoms with Crippen LogP contribution in [0.5, 0.6) is 5.75 Å². The van der Waals surface area contributed by atoms with Crippen molar-refractivity contribution in [1.82, 2.24) is 19.2 Å². The van der Waals surface area contributed by atoms with Gasteiger partial charge in [0.15, 0.2) is 0 Å². The summed E-state index contributed by atoms with van der Waals surface area (Å²) in [5, 5.41) is 4.14. The number of nitrogens with zero attached hydrogens (tertiary/aromatic N) is 4. The lowest BCUT2D eigenvalue weighted by molar-refractivity contribution is -0.274. The number of carbonyl (C=O) groups excluding carboxylic acids is 1. The summed E-state index contributed by atoms with van der Waals surface area (Å²) in [4.78, 5) is 27.7. The monoisotopic (exact) mass is 444 g/mol. The predicted molar refractivity (Wildman–Crippen MR) is 102 cm³/mol. The molecule has 11 heteroatoms. The van der Waals surface area contributed by atoms with Crippen molar-refractivity contribution in [2.24, 2.45) is 0 Å². The van der Waals surface area contributed by atoms with E-state index in [1.807, 2.05) is 0 Å². The summed E-state index contributed by atoms with van der Waals surface area (Å²) in [6.45, 7) is 1.44. The molecule has 3 heterocycles. The number of carbonyl (C=O) groups is 1. The van der Waals surface area contributed by atoms with Crippen LogP contribution in [0.15, 0.2) is 23.0 Å². The maximum absolute atomic E-state index is 13.0. The van der Waals surface area contributed by atoms with Gasteiger partial charge in [0.25, 0.3) is 0 Å². The minimum Gasteiger partial charge on any atom is -0.404 e. The van der Waals surface area contributed by atoms with Crippen molar-refractivity contribution in [3.8, 4) is 5.75 Å². The molecule has 1 aromatic heterocycles. The summed E-state index contributed by atoms with van der Waals surface area (Å²) in [5.74, 6) is -0.0145. The molecule has 30 heavy (non-hydrogen) atoms. The SMILES string of the molecule is O=C([C@H]1CCCc2nn(Cc3ccc(OC(F)(F)F)c(Cl)c3)c(=O)n21)N1CCCC1. The molecule has 2 aromatic rings. The molecule has 0 spiro atoms. The van der Waals surface area contributed by atoms with Crippen LogP contribution in [0.4, 0.5) is 13.2 Å². The lowest BCUT2D eigenvalue weighted by atomic mass is 10.0. The second kappa shape index (κ2) is 7.98. The Morgan fingerprint density at radius 1 is 1.23 bits per heavy atom. The van der Waals surface area contributed by atoms with Gasteiger partial charge in [0.2, 0.25) is 5.91 Å². The molecule has 0 unspecified atom stereocenters. The van der Waals surface area contributed by atoms with E-state index < -0.39 is 23.8 Å². The topological polar surface area (TPSA) is 69.4 Å². The first-order valence-corrected chi connectivity index (χ1v) is 10.1. The fourth-order valence-corrected chi connectivity index (χ4v) is 4.28. The first-order chi connectivity index (χ1) is 14.2. The van der Waals surface area contributed by atoms with Crippen molar-refractivity contribution in [2.45, 2.75) is 51.1 Å². The maximum atomic E-state index is 13.0. The molecule has 4 rings (SSSR count). The Balaban J connectivity index is 1.58. The zero-order valence-electron chi connectivity index (χ0n) is 16.0. The van der Waals surface area contributed by atoms with Crippen LogP contribution >= 0.6 is 11.6 Å². The predicted octanol–water partition coefficient (Wildman–Crippen LogP) is 3.14. The smallest absolute Gasteiger partial charge is 0.404 e. The number of halogens is 4. The average molecular weight is 445 g/mol. The number of aryl methyl sites for hydroxylation is 1. The van der Waals surface area contributed by atoms with Gasteiger partial charge in [-0.2, -0.15) is 5.10 Å². The number of aromatic nitrogens is 3. The molecule has 0 radical (unpaired) electrons. The Bertz CT molecular complexity index is 1010. The van der Waals surface area contributed by atoms with Gasteiger partial charge in [-0.25, -0.2) is 9.48 Å². The Hall–Kier alpha value is -2.49. The fourth-order valence-electron chi connectivity index (χ4n) is 4.04. The maximum Gasteiger partial charge on any atom is 0.573 e. The minimum atomic E-state index is -4.85. The molecule has 0 saturated carbocycles. The number of alkyl halides is 3. The Morgan fingerprint density at radius 3 is 2.63 bits per heavy atom. The number of fused-ring (bicyclic) bond motifs is 1. The van der Waals surface area contributed by atoms with Gasteiger partial charge in [-0.15, -0.1) is 13.2 Å². The molecule has 2 aliphatic heterocycles. The fraction of sp³-hybridized carbons (Fsp3) is 0.526. The third-order valence-electron chi connectivity index (χ3n) is 5.39. The molecule has 1 atom stereocenters. The van der Waals surface area contributed by atoms with Crippen LogP contribution in [0.2, 0.25) is 5.02 Å². The van der Waals surface area contributed by atoms with Gasteiger partial charge in [-0.3, -0.25) is 9.36 Å². The summed E-state index contributed by atoms with van der Waals surface area (Å²) < 4.78 is 43.7. The second-order valence-electron chi connectivity index (χ2n) is 7.48. The van der Waals surface area contributed by atoms with Gasteiger partial charge in [-0.05, 0) is 43.4 Å². The van der Waals surface area contributed by atoms with Crippen molar-refractivity contribution >= 4 is 17.5 Å². The largest absolute Gasteiger partial charge is 0.573 e. The molecule has 1 fully saturated rings. The third-order valence-corrected chi connectivity index (χ3v) is 5.68. The van der Waals surface area contributed by atoms with Gasteiger partial charge in [0.1, 0.15) is 17.6 Å². The number of rotatable bonds is 4. The van der Waals surface area contributed by atoms with Crippen molar-refractivity contribution < 1.29 is 22.7 Å². The van der Waals surface area contributed by atoms with Crippen LogP contribution in [0.1, 0.15) is 43.1 Å². The van der Waals surface area contributed by atoms with Crippen LogP contribution < -0.4 is 10.4 Å². The van der Waals surface area contributed by atoms with E-state index >= 15 is 0 Å². The molecule has 0 N–H and O–H groups in total. The van der Waals surface area contributed by atoms with Crippen LogP contribution in [-0.2, 0) is 17.8 Å². The average Bonchev–Trinajstić information content (AvgIpc) is 3.31. The highest BCUT2D eigenvalue weighted by molar-refractivity contribution is 6.32. The summed E-state index contributed by atoms with van der Waals surface area (Å²) in [5.41, 5.74) is 0.0866. The highest BCUT2D eigenvalue weighted by Crippen LogP contribution is 2.31. The summed E-state index contributed by atoms with van der Waals surface area (Å²) >= 11 is 5.89. The van der Waals surface area contributed by atoms with E-state index in [2.05, 4.69) is 9.84 Å². The molecule has 1 amide bonds. The molecule has 1 aromatic carbocycles. The number of ether oxygens (including phenoxy) is 1. The molecular weight excluding hydrogens is 425 g/mol. The molecule has 2 aliphatic rings. The Morgan fingerprint density at radius 2 is 1.97 bits per heavy atom. The van der Waals surface area contributed by atoms with Gasteiger partial charge in [0.05, 0.1) is 11.6 Å². The molecule has 7 nitrogen and oxygen atoms in total. The molecule has 0 bridgehead atoms. The van der Waals surface area contributed by atoms with Gasteiger partial charge in [-0.1, -0.05) is 17.7 Å². The van der Waals surface area contributed by atoms with Gasteiger partial charge >= 0.3 is 12.1 Å². The molecule has 162 valence electrons. The van der Waals surface area contributed by atoms with E-state index in [0.717, 1.165) is 25.3 Å². The first-order valence-electron chi connectivity index (χ1n) is 9.74. The van der Waals surface area contributed by atoms with Gasteiger partial charge < -0.3 is 9.64 Å². The highest BCUT2D eigenvalue weighted by atomic mass is 35.5. The standard InChI is InChI=1S/C19H20ClF3N4O3/c20-13-10-12(6-7-15(13)30-19(21,22)23)11-26-18(29)27-14(4-3-5-16(27)24-26)17(28)25-8-1-2-9-25/h6-7,10,14H,1-5,8-9,11H2/t14-/m1/s1. The Kier molecular flexibility index (Phi) is 5.52. The lowest BCUT2D eigenvalue weighted by Gasteiger charge is -2.27. The number of likely N-dealkylation sites (tertiary alicyclic amines) is 1. The summed E-state index contributed by atoms with van der Waals surface area (Å²) in [6, 6.07) is 3.25. The normalized spacial score (nSPS) is 19.1. The number of hydrogen-bond acceptors (Lipinski definition) is 4. The van der Waals surface area contributed by atoms with E-state index in [1.165, 1.54) is 21.4 Å². The van der Waals surface area contributed by atoms with E-state index in [9.17, 15) is 22.8 Å². The van der Waals surface area contributed by atoms with Crippen LogP contribution in [0, 0.1) is 0 Å². The van der Waals surface area contributed by atoms with E-state index in [-0.39, 0.29) is 17.5 Å². The zero-order valence-corrected chi connectivity index (χ0v) is 16.7. The first kappa shape index (κ1) is 20.8. The second-order valence-corrected chi connectivity index (χ2v) is 7.89. The highest BCUT2D eigenvalue weighted by Gasteiger charge is 2.34. The van der Waals surface area contributed by atoms with Crippen molar-refractivity contribution in [3.63, 3.8) is 0 Å². The Labute approximate surface area is 175 Å². The zero-order chi connectivity index (χ0) is 21.5. The number of benzene rings is 1. The number of amides is 1. The molecule has 1 saturated heterocycles. The molecule has 0 aliphatic carbocycles. The summed E-state index contributed by atoms with van der Waals surface area (Å²) in [7, 11) is 0. The van der Waals surface area contributed by atoms with Crippen molar-refractivity contribution in [2.75, 3.05) is 13.1 Å². The van der Waals surface area contributed by atoms with Crippen molar-refractivity contribution in [1.29, 1.82) is 0 Å². The van der Waals surface area contributed by atoms with Crippen molar-refractivity contribution in [3.05, 3.63) is 45.1 Å². The van der Waals surface area contributed by atoms with E-state index in [1.54, 1.807) is 4.90 Å². The number of hydrogen-bond donors (Lipinski definition) is 0. The van der Waals surface area contributed by atoms with E-state index in [4.69, 9.17) is 11.6 Å². The summed E-state index contributed by atoms with van der Waals surface area (Å²) in [6.07, 6.45) is -0.977. The molecular formula is C19H20ClF3N4O3. The minimum absolute atomic E-state index is 0.0233. The van der Waals surface area contributed by atoms with Crippen LogP contribution in [0.3, 0.4) is 0 Å². The van der Waals surface area contributed by atoms with Crippen LogP contribution in [0.25, 0.3) is 0 Å². The quantitative estimate of drug-likeness (QED) is 0.726. The van der Waals surface area contributed by atoms with Crippen LogP contribution in [-0.4, -0.2) is 44.6 Å².